The quantitative estimate of drug-likeness (QED) is 0.432. The summed E-state index contributed by atoms with van der Waals surface area (Å²) in [6.07, 6.45) is 4.42. The molecule has 0 spiro atoms. The number of carbonyl (C=O) groups excluding carboxylic acids is 1. The van der Waals surface area contributed by atoms with Crippen LogP contribution in [0.4, 0.5) is 0 Å². The van der Waals surface area contributed by atoms with E-state index in [-0.39, 0.29) is 11.5 Å². The first-order valence-electron chi connectivity index (χ1n) is 9.41. The van der Waals surface area contributed by atoms with Crippen molar-refractivity contribution < 1.29 is 4.79 Å². The van der Waals surface area contributed by atoms with Gasteiger partial charge in [-0.15, -0.1) is 0 Å². The van der Waals surface area contributed by atoms with E-state index in [1.54, 1.807) is 19.2 Å². The molecular weight excluding hydrogens is 330 g/mol. The molecule has 7 heteroatoms. The molecule has 0 aliphatic carbocycles. The van der Waals surface area contributed by atoms with Crippen LogP contribution < -0.4 is 16.6 Å². The zero-order chi connectivity index (χ0) is 18.9. The first kappa shape index (κ1) is 20.0. The van der Waals surface area contributed by atoms with Crippen LogP contribution in [0.1, 0.15) is 37.8 Å². The molecule has 26 heavy (non-hydrogen) atoms. The molecule has 144 valence electrons. The number of guanidine groups is 1. The van der Waals surface area contributed by atoms with Gasteiger partial charge in [-0.1, -0.05) is 6.07 Å². The minimum absolute atomic E-state index is 0.0579. The van der Waals surface area contributed by atoms with E-state index >= 15 is 0 Å². The largest absolute Gasteiger partial charge is 0.370 e. The van der Waals surface area contributed by atoms with Crippen molar-refractivity contribution in [2.75, 3.05) is 26.7 Å². The van der Waals surface area contributed by atoms with Crippen LogP contribution in [0.5, 0.6) is 0 Å². The van der Waals surface area contributed by atoms with Crippen molar-refractivity contribution in [2.45, 2.75) is 45.6 Å². The SMILES string of the molecule is CN=C(NCCCCn1c(C)cccc1=O)N1CCCC(CC(N)=O)C1. The van der Waals surface area contributed by atoms with Gasteiger partial charge in [0.25, 0.3) is 5.56 Å². The normalized spacial score (nSPS) is 18.0. The van der Waals surface area contributed by atoms with E-state index in [1.165, 1.54) is 0 Å². The van der Waals surface area contributed by atoms with Gasteiger partial charge >= 0.3 is 0 Å². The Morgan fingerprint density at radius 3 is 2.88 bits per heavy atom. The molecule has 1 aliphatic heterocycles. The van der Waals surface area contributed by atoms with E-state index in [0.717, 1.165) is 63.5 Å². The highest BCUT2D eigenvalue weighted by Gasteiger charge is 2.23. The predicted molar refractivity (Wildman–Crippen MR) is 104 cm³/mol. The van der Waals surface area contributed by atoms with Gasteiger partial charge < -0.3 is 20.5 Å². The van der Waals surface area contributed by atoms with Crippen molar-refractivity contribution in [3.8, 4) is 0 Å². The van der Waals surface area contributed by atoms with E-state index in [1.807, 2.05) is 17.6 Å². The number of nitrogens with two attached hydrogens (primary N) is 1. The Labute approximate surface area is 155 Å². The number of hydrogen-bond acceptors (Lipinski definition) is 3. The average molecular weight is 361 g/mol. The number of aromatic nitrogens is 1. The number of primary amides is 1. The Kier molecular flexibility index (Phi) is 7.69. The summed E-state index contributed by atoms with van der Waals surface area (Å²) in [6, 6.07) is 5.36. The molecule has 0 saturated carbocycles. The number of unbranched alkanes of at least 4 members (excludes halogenated alkanes) is 1. The molecule has 2 rings (SSSR count). The van der Waals surface area contributed by atoms with Crippen molar-refractivity contribution in [3.63, 3.8) is 0 Å². The number of carbonyl (C=O) groups is 1. The second-order valence-corrected chi connectivity index (χ2v) is 6.96. The van der Waals surface area contributed by atoms with Crippen LogP contribution in [0.25, 0.3) is 0 Å². The van der Waals surface area contributed by atoms with E-state index in [4.69, 9.17) is 5.73 Å². The van der Waals surface area contributed by atoms with Gasteiger partial charge in [-0.3, -0.25) is 14.6 Å². The molecule has 0 bridgehead atoms. The van der Waals surface area contributed by atoms with Crippen molar-refractivity contribution in [2.24, 2.45) is 16.6 Å². The Morgan fingerprint density at radius 1 is 1.38 bits per heavy atom. The Balaban J connectivity index is 1.75. The number of pyridine rings is 1. The maximum absolute atomic E-state index is 11.9. The molecule has 1 fully saturated rings. The first-order chi connectivity index (χ1) is 12.5. The Bertz CT molecular complexity index is 683. The van der Waals surface area contributed by atoms with Crippen LogP contribution in [0.3, 0.4) is 0 Å². The molecule has 1 aromatic heterocycles. The fraction of sp³-hybridized carbons (Fsp3) is 0.632. The second-order valence-electron chi connectivity index (χ2n) is 6.96. The summed E-state index contributed by atoms with van der Waals surface area (Å²) in [6.45, 7) is 5.27. The number of hydrogen-bond donors (Lipinski definition) is 2. The summed E-state index contributed by atoms with van der Waals surface area (Å²) in [7, 11) is 1.78. The van der Waals surface area contributed by atoms with Gasteiger partial charge in [0.05, 0.1) is 0 Å². The smallest absolute Gasteiger partial charge is 0.250 e. The predicted octanol–water partition coefficient (Wildman–Crippen LogP) is 1.10. The third kappa shape index (κ3) is 5.89. The molecule has 7 nitrogen and oxygen atoms in total. The van der Waals surface area contributed by atoms with Gasteiger partial charge in [0.15, 0.2) is 5.96 Å². The van der Waals surface area contributed by atoms with Gasteiger partial charge in [-0.05, 0) is 44.6 Å². The molecule has 0 aromatic carbocycles. The molecule has 1 aromatic rings. The number of rotatable bonds is 7. The lowest BCUT2D eigenvalue weighted by Gasteiger charge is -2.34. The maximum Gasteiger partial charge on any atom is 0.250 e. The third-order valence-electron chi connectivity index (χ3n) is 4.88. The zero-order valence-electron chi connectivity index (χ0n) is 15.9. The fourth-order valence-corrected chi connectivity index (χ4v) is 3.55. The minimum Gasteiger partial charge on any atom is -0.370 e. The second kappa shape index (κ2) is 9.99. The van der Waals surface area contributed by atoms with Gasteiger partial charge in [-0.2, -0.15) is 0 Å². The maximum atomic E-state index is 11.9. The van der Waals surface area contributed by atoms with Gasteiger partial charge in [0.2, 0.25) is 5.91 Å². The molecule has 1 amide bonds. The topological polar surface area (TPSA) is 92.7 Å². The number of likely N-dealkylation sites (tertiary alicyclic amines) is 1. The highest BCUT2D eigenvalue weighted by atomic mass is 16.1. The molecule has 1 aliphatic rings. The number of nitrogens with zero attached hydrogens (tertiary/aromatic N) is 3. The molecule has 1 saturated heterocycles. The number of nitrogens with one attached hydrogen (secondary N) is 1. The van der Waals surface area contributed by atoms with Crippen LogP contribution in [-0.2, 0) is 11.3 Å². The Morgan fingerprint density at radius 2 is 2.19 bits per heavy atom. The lowest BCUT2D eigenvalue weighted by Crippen LogP contribution is -2.47. The fourth-order valence-electron chi connectivity index (χ4n) is 3.55. The lowest BCUT2D eigenvalue weighted by atomic mass is 9.95. The summed E-state index contributed by atoms with van der Waals surface area (Å²) >= 11 is 0. The molecule has 3 N–H and O–H groups in total. The standard InChI is InChI=1S/C19H31N5O2/c1-15-7-5-9-18(26)24(15)12-4-3-10-22-19(21-2)23-11-6-8-16(14-23)13-17(20)25/h5,7,9,16H,3-4,6,8,10-14H2,1-2H3,(H2,20,25)(H,21,22). The van der Waals surface area contributed by atoms with Crippen LogP contribution in [-0.4, -0.2) is 48.0 Å². The van der Waals surface area contributed by atoms with Gasteiger partial charge in [0.1, 0.15) is 0 Å². The number of piperidine rings is 1. The van der Waals surface area contributed by atoms with Crippen molar-refractivity contribution >= 4 is 11.9 Å². The summed E-state index contributed by atoms with van der Waals surface area (Å²) in [5.41, 5.74) is 6.39. The van der Waals surface area contributed by atoms with E-state index in [9.17, 15) is 9.59 Å². The molecule has 0 radical (unpaired) electrons. The van der Waals surface area contributed by atoms with E-state index in [0.29, 0.717) is 12.3 Å². The lowest BCUT2D eigenvalue weighted by molar-refractivity contribution is -0.119. The van der Waals surface area contributed by atoms with Crippen LogP contribution >= 0.6 is 0 Å². The monoisotopic (exact) mass is 361 g/mol. The van der Waals surface area contributed by atoms with Crippen molar-refractivity contribution in [1.29, 1.82) is 0 Å². The highest BCUT2D eigenvalue weighted by Crippen LogP contribution is 2.19. The van der Waals surface area contributed by atoms with Crippen LogP contribution in [0.15, 0.2) is 28.0 Å². The van der Waals surface area contributed by atoms with Crippen LogP contribution in [0.2, 0.25) is 0 Å². The van der Waals surface area contributed by atoms with Crippen molar-refractivity contribution in [1.82, 2.24) is 14.8 Å². The minimum atomic E-state index is -0.230. The number of amides is 1. The van der Waals surface area contributed by atoms with Gasteiger partial charge in [0, 0.05) is 51.4 Å². The molecular formula is C19H31N5O2. The molecule has 1 unspecified atom stereocenters. The van der Waals surface area contributed by atoms with Crippen LogP contribution in [0, 0.1) is 12.8 Å². The first-order valence-corrected chi connectivity index (χ1v) is 9.41. The van der Waals surface area contributed by atoms with Gasteiger partial charge in [-0.25, -0.2) is 0 Å². The number of aryl methyl sites for hydroxylation is 1. The Hall–Kier alpha value is -2.31. The summed E-state index contributed by atoms with van der Waals surface area (Å²) in [5, 5.41) is 3.40. The number of aliphatic imine (C=N–C) groups is 1. The summed E-state index contributed by atoms with van der Waals surface area (Å²) < 4.78 is 1.81. The van der Waals surface area contributed by atoms with Crippen molar-refractivity contribution in [3.05, 3.63) is 34.2 Å². The van der Waals surface area contributed by atoms with E-state index in [2.05, 4.69) is 15.2 Å². The van der Waals surface area contributed by atoms with E-state index < -0.39 is 0 Å². The summed E-state index contributed by atoms with van der Waals surface area (Å²) in [4.78, 5) is 29.6. The average Bonchev–Trinajstić information content (AvgIpc) is 2.60. The third-order valence-corrected chi connectivity index (χ3v) is 4.88. The summed E-state index contributed by atoms with van der Waals surface area (Å²) in [5.74, 6) is 0.964. The molecule has 1 atom stereocenters. The highest BCUT2D eigenvalue weighted by molar-refractivity contribution is 5.80. The molecule has 2 heterocycles. The zero-order valence-corrected chi connectivity index (χ0v) is 15.9.